The van der Waals surface area contributed by atoms with E-state index in [-0.39, 0.29) is 24.4 Å². The zero-order valence-corrected chi connectivity index (χ0v) is 16.9. The van der Waals surface area contributed by atoms with Crippen molar-refractivity contribution >= 4 is 33.4 Å². The van der Waals surface area contributed by atoms with Gasteiger partial charge in [-0.25, -0.2) is 0 Å². The van der Waals surface area contributed by atoms with E-state index in [2.05, 4.69) is 4.99 Å². The van der Waals surface area contributed by atoms with Crippen LogP contribution in [-0.4, -0.2) is 29.7 Å². The molecule has 7 heteroatoms. The number of hydrogen-bond acceptors (Lipinski definition) is 5. The van der Waals surface area contributed by atoms with Crippen LogP contribution in [0.5, 0.6) is 5.75 Å². The molecule has 6 nitrogen and oxygen atoms in total. The molecule has 1 amide bonds. The van der Waals surface area contributed by atoms with E-state index in [1.54, 1.807) is 24.3 Å². The molecule has 0 aliphatic rings. The number of aromatic nitrogens is 1. The number of nitrogens with zero attached hydrogens (tertiary/aromatic N) is 2. The Hall–Kier alpha value is -2.93. The average Bonchev–Trinajstić information content (AvgIpc) is 3.03. The number of carbonyl (C=O) groups is 2. The van der Waals surface area contributed by atoms with Gasteiger partial charge in [-0.1, -0.05) is 23.5 Å². The third kappa shape index (κ3) is 4.67. The lowest BCUT2D eigenvalue weighted by atomic mass is 10.2. The summed E-state index contributed by atoms with van der Waals surface area (Å²) in [7, 11) is 1.36. The lowest BCUT2D eigenvalue weighted by Crippen LogP contribution is -2.19. The summed E-state index contributed by atoms with van der Waals surface area (Å²) < 4.78 is 13.2. The summed E-state index contributed by atoms with van der Waals surface area (Å²) in [5, 5.41) is 0. The maximum absolute atomic E-state index is 12.7. The third-order valence-corrected chi connectivity index (χ3v) is 5.09. The van der Waals surface area contributed by atoms with Crippen molar-refractivity contribution in [3.63, 3.8) is 0 Å². The Morgan fingerprint density at radius 2 is 1.82 bits per heavy atom. The van der Waals surface area contributed by atoms with E-state index in [0.29, 0.717) is 22.7 Å². The fraction of sp³-hybridized carbons (Fsp3) is 0.286. The van der Waals surface area contributed by atoms with E-state index in [4.69, 9.17) is 9.47 Å². The van der Waals surface area contributed by atoms with Gasteiger partial charge in [0.25, 0.3) is 5.91 Å². The molecule has 1 aromatic heterocycles. The van der Waals surface area contributed by atoms with Gasteiger partial charge in [-0.2, -0.15) is 4.99 Å². The topological polar surface area (TPSA) is 69.9 Å². The van der Waals surface area contributed by atoms with Crippen LogP contribution in [-0.2, 0) is 16.1 Å². The molecular weight excluding hydrogens is 376 g/mol. The van der Waals surface area contributed by atoms with Gasteiger partial charge >= 0.3 is 5.97 Å². The molecule has 1 heterocycles. The van der Waals surface area contributed by atoms with E-state index < -0.39 is 0 Å². The first-order chi connectivity index (χ1) is 13.5. The number of thiazole rings is 1. The van der Waals surface area contributed by atoms with Gasteiger partial charge in [0.15, 0.2) is 4.80 Å². The Labute approximate surface area is 167 Å². The van der Waals surface area contributed by atoms with Crippen LogP contribution in [0.15, 0.2) is 53.5 Å². The first-order valence-corrected chi connectivity index (χ1v) is 9.80. The second kappa shape index (κ2) is 8.84. The number of fused-ring (bicyclic) bond motifs is 1. The summed E-state index contributed by atoms with van der Waals surface area (Å²) in [5.74, 6) is 0.0665. The standard InChI is InChI=1S/C21H22N2O4S/c1-14(2)27-16-10-8-15(9-11-16)20(25)22-21-23(13-12-19(24)26-3)17-6-4-5-7-18(17)28-21/h4-11,14H,12-13H2,1-3H3. The van der Waals surface area contributed by atoms with E-state index in [0.717, 1.165) is 10.2 Å². The molecule has 0 aliphatic carbocycles. The molecule has 0 bridgehead atoms. The molecule has 0 radical (unpaired) electrons. The summed E-state index contributed by atoms with van der Waals surface area (Å²) in [5.41, 5.74) is 1.41. The highest BCUT2D eigenvalue weighted by Crippen LogP contribution is 2.18. The second-order valence-electron chi connectivity index (χ2n) is 6.44. The molecule has 0 aliphatic heterocycles. The van der Waals surface area contributed by atoms with E-state index in [1.165, 1.54) is 18.4 Å². The Morgan fingerprint density at radius 1 is 1.11 bits per heavy atom. The minimum Gasteiger partial charge on any atom is -0.491 e. The Kier molecular flexibility index (Phi) is 6.26. The Bertz CT molecular complexity index is 1050. The van der Waals surface area contributed by atoms with Crippen LogP contribution in [0, 0.1) is 0 Å². The molecular formula is C21H22N2O4S. The zero-order chi connectivity index (χ0) is 20.1. The van der Waals surface area contributed by atoms with Gasteiger partial charge in [-0.3, -0.25) is 9.59 Å². The van der Waals surface area contributed by atoms with E-state index >= 15 is 0 Å². The van der Waals surface area contributed by atoms with E-state index in [1.807, 2.05) is 42.7 Å². The highest BCUT2D eigenvalue weighted by atomic mass is 32.1. The highest BCUT2D eigenvalue weighted by Gasteiger charge is 2.11. The number of aryl methyl sites for hydroxylation is 1. The van der Waals surface area contributed by atoms with Gasteiger partial charge in [-0.15, -0.1) is 0 Å². The molecule has 0 N–H and O–H groups in total. The van der Waals surface area contributed by atoms with Crippen molar-refractivity contribution in [3.05, 3.63) is 58.9 Å². The molecule has 0 saturated carbocycles. The summed E-state index contributed by atoms with van der Waals surface area (Å²) in [6.45, 7) is 4.29. The van der Waals surface area contributed by atoms with Gasteiger partial charge in [0.05, 0.1) is 29.9 Å². The molecule has 0 fully saturated rings. The summed E-state index contributed by atoms with van der Waals surface area (Å²) in [6, 6.07) is 14.7. The maximum atomic E-state index is 12.7. The predicted molar refractivity (Wildman–Crippen MR) is 109 cm³/mol. The van der Waals surface area contributed by atoms with Gasteiger partial charge in [0, 0.05) is 12.1 Å². The maximum Gasteiger partial charge on any atom is 0.307 e. The van der Waals surface area contributed by atoms with Crippen LogP contribution in [0.3, 0.4) is 0 Å². The van der Waals surface area contributed by atoms with Crippen molar-refractivity contribution < 1.29 is 19.1 Å². The fourth-order valence-corrected chi connectivity index (χ4v) is 3.78. The molecule has 0 unspecified atom stereocenters. The number of carbonyl (C=O) groups excluding carboxylic acids is 2. The summed E-state index contributed by atoms with van der Waals surface area (Å²) >= 11 is 1.42. The zero-order valence-electron chi connectivity index (χ0n) is 16.0. The van der Waals surface area contributed by atoms with Crippen LogP contribution in [0.1, 0.15) is 30.6 Å². The van der Waals surface area contributed by atoms with Crippen molar-refractivity contribution in [2.24, 2.45) is 4.99 Å². The quantitative estimate of drug-likeness (QED) is 0.592. The van der Waals surface area contributed by atoms with Crippen LogP contribution in [0.25, 0.3) is 10.2 Å². The fourth-order valence-electron chi connectivity index (χ4n) is 2.73. The number of methoxy groups -OCH3 is 1. The Morgan fingerprint density at radius 3 is 2.50 bits per heavy atom. The number of para-hydroxylation sites is 1. The predicted octanol–water partition coefficient (Wildman–Crippen LogP) is 3.79. The van der Waals surface area contributed by atoms with Gasteiger partial charge < -0.3 is 14.0 Å². The second-order valence-corrected chi connectivity index (χ2v) is 7.45. The number of rotatable bonds is 6. The molecule has 0 spiro atoms. The van der Waals surface area contributed by atoms with E-state index in [9.17, 15) is 9.59 Å². The minimum atomic E-state index is -0.338. The molecule has 3 rings (SSSR count). The normalized spacial score (nSPS) is 11.8. The minimum absolute atomic E-state index is 0.0681. The molecule has 2 aromatic carbocycles. The van der Waals surface area contributed by atoms with Crippen LogP contribution < -0.4 is 9.54 Å². The molecule has 28 heavy (non-hydrogen) atoms. The van der Waals surface area contributed by atoms with Gasteiger partial charge in [0.1, 0.15) is 5.75 Å². The molecule has 146 valence electrons. The van der Waals surface area contributed by atoms with Crippen LogP contribution in [0.4, 0.5) is 0 Å². The largest absolute Gasteiger partial charge is 0.491 e. The van der Waals surface area contributed by atoms with Crippen molar-refractivity contribution in [2.45, 2.75) is 32.9 Å². The van der Waals surface area contributed by atoms with Crippen molar-refractivity contribution in [1.82, 2.24) is 4.57 Å². The number of hydrogen-bond donors (Lipinski definition) is 0. The number of esters is 1. The monoisotopic (exact) mass is 398 g/mol. The first kappa shape index (κ1) is 19.8. The molecule has 0 atom stereocenters. The van der Waals surface area contributed by atoms with Crippen LogP contribution >= 0.6 is 11.3 Å². The Balaban J connectivity index is 1.93. The summed E-state index contributed by atoms with van der Waals surface area (Å²) in [4.78, 5) is 29.1. The smallest absolute Gasteiger partial charge is 0.307 e. The van der Waals surface area contributed by atoms with Crippen molar-refractivity contribution in [2.75, 3.05) is 7.11 Å². The highest BCUT2D eigenvalue weighted by molar-refractivity contribution is 7.16. The van der Waals surface area contributed by atoms with Gasteiger partial charge in [0.2, 0.25) is 0 Å². The number of ether oxygens (including phenoxy) is 2. The van der Waals surface area contributed by atoms with Crippen LogP contribution in [0.2, 0.25) is 0 Å². The molecule has 0 saturated heterocycles. The average molecular weight is 398 g/mol. The van der Waals surface area contributed by atoms with Crippen molar-refractivity contribution in [1.29, 1.82) is 0 Å². The SMILES string of the molecule is COC(=O)CCn1c(=NC(=O)c2ccc(OC(C)C)cc2)sc2ccccc21. The molecule has 3 aromatic rings. The third-order valence-electron chi connectivity index (χ3n) is 4.03. The first-order valence-electron chi connectivity index (χ1n) is 8.99. The number of benzene rings is 2. The summed E-state index contributed by atoms with van der Waals surface area (Å²) in [6.07, 6.45) is 0.276. The number of amides is 1. The lowest BCUT2D eigenvalue weighted by Gasteiger charge is -2.09. The van der Waals surface area contributed by atoms with Crippen molar-refractivity contribution in [3.8, 4) is 5.75 Å². The lowest BCUT2D eigenvalue weighted by molar-refractivity contribution is -0.140. The van der Waals surface area contributed by atoms with Gasteiger partial charge in [-0.05, 0) is 50.2 Å².